The van der Waals surface area contributed by atoms with E-state index in [2.05, 4.69) is 33.3 Å². The Hall–Kier alpha value is -2.39. The van der Waals surface area contributed by atoms with Gasteiger partial charge in [-0.05, 0) is 20.8 Å². The summed E-state index contributed by atoms with van der Waals surface area (Å²) < 4.78 is 11.0. The average Bonchev–Trinajstić information content (AvgIpc) is 3.05. The molecule has 2 atom stereocenters. The van der Waals surface area contributed by atoms with E-state index in [1.807, 2.05) is 13.1 Å². The van der Waals surface area contributed by atoms with Crippen LogP contribution in [0.3, 0.4) is 0 Å². The highest BCUT2D eigenvalue weighted by molar-refractivity contribution is 5.75. The number of aromatic nitrogens is 5. The molecule has 1 saturated heterocycles. The third kappa shape index (κ3) is 2.67. The van der Waals surface area contributed by atoms with Crippen LogP contribution in [0.25, 0.3) is 16.9 Å². The number of nitrogens with zero attached hydrogens (tertiary/aromatic N) is 5. The first-order valence-electron chi connectivity index (χ1n) is 8.90. The van der Waals surface area contributed by atoms with Crippen LogP contribution in [0.2, 0.25) is 0 Å². The molecule has 1 aliphatic heterocycles. The maximum absolute atomic E-state index is 12.3. The molecule has 0 radical (unpaired) electrons. The Balaban J connectivity index is 1.71. The molecule has 140 valence electrons. The Morgan fingerprint density at radius 1 is 1.23 bits per heavy atom. The third-order valence-electron chi connectivity index (χ3n) is 5.05. The van der Waals surface area contributed by atoms with Gasteiger partial charge in [-0.15, -0.1) is 0 Å². The van der Waals surface area contributed by atoms with Gasteiger partial charge in [0.2, 0.25) is 5.78 Å². The second-order valence-corrected chi connectivity index (χ2v) is 7.21. The highest BCUT2D eigenvalue weighted by Crippen LogP contribution is 2.17. The van der Waals surface area contributed by atoms with E-state index < -0.39 is 11.2 Å². The molecule has 0 saturated carbocycles. The van der Waals surface area contributed by atoms with E-state index in [1.165, 1.54) is 4.57 Å². The summed E-state index contributed by atoms with van der Waals surface area (Å²) >= 11 is 0. The minimum atomic E-state index is -0.456. The van der Waals surface area contributed by atoms with Crippen LogP contribution in [-0.2, 0) is 18.3 Å². The smallest absolute Gasteiger partial charge is 0.329 e. The first-order valence-corrected chi connectivity index (χ1v) is 8.90. The molecule has 0 aliphatic carbocycles. The summed E-state index contributed by atoms with van der Waals surface area (Å²) in [6.45, 7) is 9.64. The van der Waals surface area contributed by atoms with Gasteiger partial charge in [0.15, 0.2) is 11.2 Å². The van der Waals surface area contributed by atoms with E-state index in [1.54, 1.807) is 11.4 Å². The van der Waals surface area contributed by atoms with Gasteiger partial charge in [-0.3, -0.25) is 23.6 Å². The maximum atomic E-state index is 12.3. The SMILES string of the molecule is Cc1cn2c3c(=O)[nH]c(=O)n(C)c3nc2n1CCN1CC(C)OC(C)C1. The van der Waals surface area contributed by atoms with Gasteiger partial charge in [0.05, 0.1) is 12.2 Å². The standard InChI is InChI=1S/C17H24N6O3/c1-10-7-23-13-14(20(4)17(25)19-15(13)24)18-16(23)22(10)6-5-21-8-11(2)26-12(3)9-21/h7,11-12H,5-6,8-9H2,1-4H3,(H,19,24,25). The molecular weight excluding hydrogens is 336 g/mol. The Labute approximate surface area is 149 Å². The number of ether oxygens (including phenoxy) is 1. The number of H-pyrrole nitrogens is 1. The molecule has 9 heteroatoms. The Kier molecular flexibility index (Phi) is 4.00. The molecule has 3 aromatic heterocycles. The van der Waals surface area contributed by atoms with E-state index in [0.29, 0.717) is 16.9 Å². The molecule has 0 spiro atoms. The van der Waals surface area contributed by atoms with Crippen LogP contribution in [0.5, 0.6) is 0 Å². The topological polar surface area (TPSA) is 89.6 Å². The van der Waals surface area contributed by atoms with E-state index >= 15 is 0 Å². The van der Waals surface area contributed by atoms with Gasteiger partial charge in [0.1, 0.15) is 0 Å². The lowest BCUT2D eigenvalue weighted by Gasteiger charge is -2.35. The number of nitrogens with one attached hydrogen (secondary N) is 1. The second-order valence-electron chi connectivity index (χ2n) is 7.21. The summed E-state index contributed by atoms with van der Waals surface area (Å²) in [5.41, 5.74) is 0.956. The zero-order chi connectivity index (χ0) is 18.6. The molecule has 1 fully saturated rings. The Morgan fingerprint density at radius 2 is 1.92 bits per heavy atom. The van der Waals surface area contributed by atoms with Crippen LogP contribution < -0.4 is 11.2 Å². The molecule has 2 unspecified atom stereocenters. The van der Waals surface area contributed by atoms with Gasteiger partial charge >= 0.3 is 5.69 Å². The van der Waals surface area contributed by atoms with Gasteiger partial charge < -0.3 is 9.30 Å². The van der Waals surface area contributed by atoms with Crippen LogP contribution in [0.4, 0.5) is 0 Å². The normalized spacial score (nSPS) is 21.8. The first-order chi connectivity index (χ1) is 12.3. The lowest BCUT2D eigenvalue weighted by atomic mass is 10.2. The van der Waals surface area contributed by atoms with Crippen molar-refractivity contribution >= 4 is 16.9 Å². The molecule has 1 aliphatic rings. The maximum Gasteiger partial charge on any atom is 0.329 e. The van der Waals surface area contributed by atoms with Crippen molar-refractivity contribution in [1.29, 1.82) is 0 Å². The van der Waals surface area contributed by atoms with Crippen molar-refractivity contribution in [3.63, 3.8) is 0 Å². The average molecular weight is 360 g/mol. The first kappa shape index (κ1) is 17.0. The third-order valence-corrected chi connectivity index (χ3v) is 5.05. The number of aromatic amines is 1. The number of imidazole rings is 2. The molecule has 26 heavy (non-hydrogen) atoms. The number of aryl methyl sites for hydroxylation is 2. The number of morpholine rings is 1. The zero-order valence-corrected chi connectivity index (χ0v) is 15.5. The molecular formula is C17H24N6O3. The fourth-order valence-corrected chi connectivity index (χ4v) is 3.90. The van der Waals surface area contributed by atoms with Gasteiger partial charge in [0.25, 0.3) is 5.56 Å². The summed E-state index contributed by atoms with van der Waals surface area (Å²) in [6.07, 6.45) is 2.35. The van der Waals surface area contributed by atoms with Gasteiger partial charge in [0, 0.05) is 45.1 Å². The molecule has 1 N–H and O–H groups in total. The number of hydrogen-bond donors (Lipinski definition) is 1. The van der Waals surface area contributed by atoms with Gasteiger partial charge in [-0.2, -0.15) is 4.98 Å². The summed E-state index contributed by atoms with van der Waals surface area (Å²) in [5, 5.41) is 0. The lowest BCUT2D eigenvalue weighted by molar-refractivity contribution is -0.0685. The quantitative estimate of drug-likeness (QED) is 0.715. The van der Waals surface area contributed by atoms with Gasteiger partial charge in [-0.25, -0.2) is 4.79 Å². The van der Waals surface area contributed by atoms with Crippen molar-refractivity contribution in [2.45, 2.75) is 39.5 Å². The van der Waals surface area contributed by atoms with Crippen LogP contribution in [0.1, 0.15) is 19.5 Å². The highest BCUT2D eigenvalue weighted by Gasteiger charge is 2.23. The largest absolute Gasteiger partial charge is 0.373 e. The van der Waals surface area contributed by atoms with Crippen LogP contribution in [0.15, 0.2) is 15.8 Å². The number of hydrogen-bond acceptors (Lipinski definition) is 5. The number of fused-ring (bicyclic) bond motifs is 3. The van der Waals surface area contributed by atoms with Crippen molar-refractivity contribution in [2.75, 3.05) is 19.6 Å². The lowest BCUT2D eigenvalue weighted by Crippen LogP contribution is -2.46. The molecule has 3 aromatic rings. The van der Waals surface area contributed by atoms with Crippen LogP contribution >= 0.6 is 0 Å². The molecule has 9 nitrogen and oxygen atoms in total. The van der Waals surface area contributed by atoms with Crippen LogP contribution in [0, 0.1) is 6.92 Å². The predicted octanol–water partition coefficient (Wildman–Crippen LogP) is 0.0936. The second kappa shape index (κ2) is 6.10. The summed E-state index contributed by atoms with van der Waals surface area (Å²) in [7, 11) is 1.61. The summed E-state index contributed by atoms with van der Waals surface area (Å²) in [6, 6.07) is 0. The zero-order valence-electron chi connectivity index (χ0n) is 15.5. The minimum Gasteiger partial charge on any atom is -0.373 e. The monoisotopic (exact) mass is 360 g/mol. The summed E-state index contributed by atoms with van der Waals surface area (Å²) in [4.78, 5) is 33.4. The van der Waals surface area contributed by atoms with Crippen molar-refractivity contribution < 1.29 is 4.74 Å². The molecule has 4 heterocycles. The molecule has 0 aromatic carbocycles. The van der Waals surface area contributed by atoms with Gasteiger partial charge in [-0.1, -0.05) is 0 Å². The number of rotatable bonds is 3. The van der Waals surface area contributed by atoms with Crippen molar-refractivity contribution in [3.05, 3.63) is 32.7 Å². The Morgan fingerprint density at radius 3 is 2.62 bits per heavy atom. The fraction of sp³-hybridized carbons (Fsp3) is 0.588. The molecule has 0 bridgehead atoms. The van der Waals surface area contributed by atoms with Crippen molar-refractivity contribution in [1.82, 2.24) is 28.4 Å². The van der Waals surface area contributed by atoms with E-state index in [-0.39, 0.29) is 12.2 Å². The van der Waals surface area contributed by atoms with Crippen molar-refractivity contribution in [2.24, 2.45) is 7.05 Å². The highest BCUT2D eigenvalue weighted by atomic mass is 16.5. The Bertz CT molecular complexity index is 1080. The fourth-order valence-electron chi connectivity index (χ4n) is 3.90. The predicted molar refractivity (Wildman–Crippen MR) is 97.7 cm³/mol. The molecule has 0 amide bonds. The van der Waals surface area contributed by atoms with E-state index in [0.717, 1.165) is 31.9 Å². The van der Waals surface area contributed by atoms with Crippen LogP contribution in [-0.4, -0.2) is 60.2 Å². The van der Waals surface area contributed by atoms with E-state index in [4.69, 9.17) is 4.74 Å². The van der Waals surface area contributed by atoms with E-state index in [9.17, 15) is 9.59 Å². The minimum absolute atomic E-state index is 0.228. The molecule has 4 rings (SSSR count). The summed E-state index contributed by atoms with van der Waals surface area (Å²) in [5.74, 6) is 0.679. The van der Waals surface area contributed by atoms with Crippen molar-refractivity contribution in [3.8, 4) is 0 Å².